The van der Waals surface area contributed by atoms with E-state index in [9.17, 15) is 0 Å². The molecule has 1 fully saturated rings. The van der Waals surface area contributed by atoms with Gasteiger partial charge in [0.05, 0.1) is 9.88 Å². The van der Waals surface area contributed by atoms with Crippen LogP contribution in [-0.2, 0) is 10.3 Å². The van der Waals surface area contributed by atoms with Gasteiger partial charge in [-0.3, -0.25) is 0 Å². The van der Waals surface area contributed by atoms with E-state index >= 15 is 0 Å². The Kier molecular flexibility index (Phi) is 3.75. The zero-order valence-electron chi connectivity index (χ0n) is 12.7. The number of thiophene rings is 1. The first-order valence-corrected chi connectivity index (χ1v) is 8.11. The maximum atomic E-state index is 5.84. The maximum absolute atomic E-state index is 5.84. The predicted molar refractivity (Wildman–Crippen MR) is 83.1 cm³/mol. The average Bonchev–Trinajstić information content (AvgIpc) is 3.07. The van der Waals surface area contributed by atoms with Crippen molar-refractivity contribution in [1.82, 2.24) is 10.1 Å². The molecule has 0 unspecified atom stereocenters. The van der Waals surface area contributed by atoms with Gasteiger partial charge in [-0.05, 0) is 50.2 Å². The summed E-state index contributed by atoms with van der Waals surface area (Å²) in [7, 11) is 1.74. The Balaban J connectivity index is 1.92. The van der Waals surface area contributed by atoms with Crippen molar-refractivity contribution < 1.29 is 9.26 Å². The van der Waals surface area contributed by atoms with Crippen LogP contribution in [0.2, 0.25) is 0 Å². The van der Waals surface area contributed by atoms with Crippen LogP contribution in [0, 0.1) is 12.8 Å². The summed E-state index contributed by atoms with van der Waals surface area (Å²) >= 11 is 1.48. The van der Waals surface area contributed by atoms with Crippen LogP contribution in [0.1, 0.15) is 44.0 Å². The van der Waals surface area contributed by atoms with Gasteiger partial charge in [-0.15, -0.1) is 11.3 Å². The van der Waals surface area contributed by atoms with Gasteiger partial charge < -0.3 is 15.0 Å². The Labute approximate surface area is 128 Å². The molecule has 2 heterocycles. The van der Waals surface area contributed by atoms with E-state index in [0.29, 0.717) is 11.7 Å². The van der Waals surface area contributed by atoms with Crippen molar-refractivity contribution in [3.05, 3.63) is 17.5 Å². The molecule has 0 saturated heterocycles. The lowest BCUT2D eigenvalue weighted by Crippen LogP contribution is -2.34. The minimum absolute atomic E-state index is 0.398. The quantitative estimate of drug-likeness (QED) is 0.935. The summed E-state index contributed by atoms with van der Waals surface area (Å²) in [6, 6.07) is 1.93. The second kappa shape index (κ2) is 5.42. The molecule has 5 nitrogen and oxygen atoms in total. The van der Waals surface area contributed by atoms with Crippen LogP contribution >= 0.6 is 11.3 Å². The number of hydrogen-bond donors (Lipinski definition) is 1. The molecule has 114 valence electrons. The van der Waals surface area contributed by atoms with Crippen LogP contribution in [0.15, 0.2) is 10.6 Å². The van der Waals surface area contributed by atoms with Gasteiger partial charge in [0.1, 0.15) is 5.60 Å². The van der Waals surface area contributed by atoms with Crippen LogP contribution in [0.25, 0.3) is 10.8 Å². The van der Waals surface area contributed by atoms with Crippen LogP contribution in [0.5, 0.6) is 0 Å². The van der Waals surface area contributed by atoms with E-state index in [2.05, 4.69) is 17.1 Å². The molecule has 0 aliphatic heterocycles. The topological polar surface area (TPSA) is 74.2 Å². The molecule has 1 aliphatic rings. The summed E-state index contributed by atoms with van der Waals surface area (Å²) in [4.78, 5) is 5.54. The molecule has 0 amide bonds. The summed E-state index contributed by atoms with van der Waals surface area (Å²) < 4.78 is 11.3. The fourth-order valence-electron chi connectivity index (χ4n) is 2.97. The van der Waals surface area contributed by atoms with Gasteiger partial charge in [-0.1, -0.05) is 12.1 Å². The average molecular weight is 307 g/mol. The highest BCUT2D eigenvalue weighted by Gasteiger charge is 2.40. The lowest BCUT2D eigenvalue weighted by Gasteiger charge is -2.35. The summed E-state index contributed by atoms with van der Waals surface area (Å²) in [6.07, 6.45) is 4.13. The molecule has 0 aromatic carbocycles. The normalized spacial score (nSPS) is 26.1. The van der Waals surface area contributed by atoms with Gasteiger partial charge in [-0.25, -0.2) is 0 Å². The molecule has 0 atom stereocenters. The third kappa shape index (κ3) is 2.58. The third-order valence-electron chi connectivity index (χ3n) is 4.44. The number of aryl methyl sites for hydroxylation is 1. The molecule has 6 heteroatoms. The van der Waals surface area contributed by atoms with Crippen molar-refractivity contribution in [3.63, 3.8) is 0 Å². The maximum Gasteiger partial charge on any atom is 0.268 e. The summed E-state index contributed by atoms with van der Waals surface area (Å²) in [5.74, 6) is 1.94. The number of nitrogens with zero attached hydrogens (tertiary/aromatic N) is 2. The first-order valence-electron chi connectivity index (χ1n) is 7.30. The van der Waals surface area contributed by atoms with Crippen molar-refractivity contribution in [2.24, 2.45) is 5.92 Å². The van der Waals surface area contributed by atoms with Crippen LogP contribution in [-0.4, -0.2) is 17.3 Å². The molecular formula is C15H21N3O2S. The standard InChI is InChI=1S/C15H21N3O2S/c1-9-4-6-15(19-3,7-5-9)14-17-13(20-18-14)12-10(2)8-11(16)21-12/h8-9H,4-7,16H2,1-3H3. The minimum atomic E-state index is -0.398. The SMILES string of the molecule is COC1(c2noc(-c3sc(N)cc3C)n2)CCC(C)CC1. The first kappa shape index (κ1) is 14.5. The molecule has 1 saturated carbocycles. The number of nitrogens with two attached hydrogens (primary N) is 1. The van der Waals surface area contributed by atoms with Crippen LogP contribution in [0.3, 0.4) is 0 Å². The van der Waals surface area contributed by atoms with E-state index < -0.39 is 5.60 Å². The van der Waals surface area contributed by atoms with Gasteiger partial charge in [-0.2, -0.15) is 4.98 Å². The number of hydrogen-bond acceptors (Lipinski definition) is 6. The van der Waals surface area contributed by atoms with E-state index in [0.717, 1.165) is 47.0 Å². The number of methoxy groups -OCH3 is 1. The van der Waals surface area contributed by atoms with Gasteiger partial charge in [0.15, 0.2) is 0 Å². The van der Waals surface area contributed by atoms with Gasteiger partial charge >= 0.3 is 0 Å². The lowest BCUT2D eigenvalue weighted by atomic mass is 9.79. The third-order valence-corrected chi connectivity index (χ3v) is 5.49. The van der Waals surface area contributed by atoms with Gasteiger partial charge in [0.25, 0.3) is 5.89 Å². The first-order chi connectivity index (χ1) is 10.0. The Morgan fingerprint density at radius 2 is 2.14 bits per heavy atom. The highest BCUT2D eigenvalue weighted by Crippen LogP contribution is 2.42. The fraction of sp³-hybridized carbons (Fsp3) is 0.600. The van der Waals surface area contributed by atoms with Crippen LogP contribution in [0.4, 0.5) is 5.00 Å². The molecule has 0 radical (unpaired) electrons. The zero-order chi connectivity index (χ0) is 15.0. The zero-order valence-corrected chi connectivity index (χ0v) is 13.5. The van der Waals surface area contributed by atoms with E-state index in [1.165, 1.54) is 11.3 Å². The Hall–Kier alpha value is -1.40. The second-order valence-corrected chi connectivity index (χ2v) is 7.05. The number of anilines is 1. The van der Waals surface area contributed by atoms with Gasteiger partial charge in [0.2, 0.25) is 5.82 Å². The molecule has 0 spiro atoms. The molecule has 21 heavy (non-hydrogen) atoms. The van der Waals surface area contributed by atoms with Crippen molar-refractivity contribution in [2.75, 3.05) is 12.8 Å². The van der Waals surface area contributed by atoms with Crippen molar-refractivity contribution in [3.8, 4) is 10.8 Å². The smallest absolute Gasteiger partial charge is 0.268 e. The van der Waals surface area contributed by atoms with E-state index in [-0.39, 0.29) is 0 Å². The molecule has 3 rings (SSSR count). The fourth-order valence-corrected chi connectivity index (χ4v) is 3.83. The summed E-state index contributed by atoms with van der Waals surface area (Å²) in [5, 5.41) is 4.95. The van der Waals surface area contributed by atoms with Crippen molar-refractivity contribution in [2.45, 2.75) is 45.1 Å². The molecule has 0 bridgehead atoms. The molecule has 1 aliphatic carbocycles. The molecule has 2 aromatic rings. The van der Waals surface area contributed by atoms with E-state index in [1.54, 1.807) is 7.11 Å². The van der Waals surface area contributed by atoms with E-state index in [4.69, 9.17) is 15.0 Å². The molecule has 2 N–H and O–H groups in total. The number of ether oxygens (including phenoxy) is 1. The van der Waals surface area contributed by atoms with Crippen LogP contribution < -0.4 is 5.73 Å². The molecular weight excluding hydrogens is 286 g/mol. The number of nitrogen functional groups attached to an aromatic ring is 1. The highest BCUT2D eigenvalue weighted by molar-refractivity contribution is 7.19. The highest BCUT2D eigenvalue weighted by atomic mass is 32.1. The number of rotatable bonds is 3. The van der Waals surface area contributed by atoms with Gasteiger partial charge in [0, 0.05) is 7.11 Å². The second-order valence-electron chi connectivity index (χ2n) is 5.96. The molecule has 2 aromatic heterocycles. The largest absolute Gasteiger partial charge is 0.391 e. The number of aromatic nitrogens is 2. The Bertz CT molecular complexity index is 627. The minimum Gasteiger partial charge on any atom is -0.391 e. The lowest BCUT2D eigenvalue weighted by molar-refractivity contribution is -0.0609. The van der Waals surface area contributed by atoms with Crippen molar-refractivity contribution in [1.29, 1.82) is 0 Å². The predicted octanol–water partition coefficient (Wildman–Crippen LogP) is 3.74. The van der Waals surface area contributed by atoms with Crippen molar-refractivity contribution >= 4 is 16.3 Å². The monoisotopic (exact) mass is 307 g/mol. The summed E-state index contributed by atoms with van der Waals surface area (Å²) in [5.41, 5.74) is 6.51. The van der Waals surface area contributed by atoms with E-state index in [1.807, 2.05) is 13.0 Å². The Morgan fingerprint density at radius 3 is 2.71 bits per heavy atom. The Morgan fingerprint density at radius 1 is 1.43 bits per heavy atom. The summed E-state index contributed by atoms with van der Waals surface area (Å²) in [6.45, 7) is 4.28.